The Balaban J connectivity index is 0.000000424. The van der Waals surface area contributed by atoms with Crippen LogP contribution in [0.25, 0.3) is 0 Å². The highest BCUT2D eigenvalue weighted by atomic mass is 35.6. The molecule has 0 fully saturated rings. The maximum absolute atomic E-state index is 9.63. The molecule has 0 unspecified atom stereocenters. The van der Waals surface area contributed by atoms with E-state index in [-0.39, 0.29) is 0 Å². The summed E-state index contributed by atoms with van der Waals surface area (Å²) in [4.78, 5) is 9.63. The number of halogens is 2. The first-order valence-corrected chi connectivity index (χ1v) is 11.1. The minimum Gasteiger partial charge on any atom is -0.428 e. The second-order valence-corrected chi connectivity index (χ2v) is 9.35. The van der Waals surface area contributed by atoms with Gasteiger partial charge in [0.15, 0.2) is 0 Å². The van der Waals surface area contributed by atoms with Gasteiger partial charge >= 0.3 is 18.2 Å². The molecule has 0 amide bonds. The van der Waals surface area contributed by atoms with Gasteiger partial charge in [-0.05, 0) is 18.3 Å². The molecule has 0 saturated heterocycles. The fourth-order valence-corrected chi connectivity index (χ4v) is 1.85. The van der Waals surface area contributed by atoms with Gasteiger partial charge in [0.1, 0.15) is 0 Å². The summed E-state index contributed by atoms with van der Waals surface area (Å²) in [5.74, 6) is 0. The van der Waals surface area contributed by atoms with Gasteiger partial charge in [-0.1, -0.05) is 30.3 Å². The van der Waals surface area contributed by atoms with Crippen molar-refractivity contribution in [2.24, 2.45) is 0 Å². The molecule has 0 heterocycles. The van der Waals surface area contributed by atoms with Crippen molar-refractivity contribution in [3.63, 3.8) is 0 Å². The summed E-state index contributed by atoms with van der Waals surface area (Å²) < 4.78 is 0. The summed E-state index contributed by atoms with van der Waals surface area (Å²) in [6.07, 6.45) is 0. The fourth-order valence-electron chi connectivity index (χ4n) is 0.846. The molecule has 0 radical (unpaired) electrons. The van der Waals surface area contributed by atoms with E-state index in [1.807, 2.05) is 43.4 Å². The quantitative estimate of drug-likeness (QED) is 0.754. The molecule has 1 N–H and O–H groups in total. The van der Waals surface area contributed by atoms with Gasteiger partial charge in [0, 0.05) is 0 Å². The van der Waals surface area contributed by atoms with Crippen LogP contribution in [0.2, 0.25) is 13.1 Å². The molecule has 0 bridgehead atoms. The van der Waals surface area contributed by atoms with Gasteiger partial charge in [-0.25, -0.2) is 0 Å². The molecular weight excluding hydrogens is 235 g/mol. The predicted molar refractivity (Wildman–Crippen MR) is 63.2 cm³/mol. The van der Waals surface area contributed by atoms with Crippen LogP contribution < -0.4 is 5.19 Å². The Morgan fingerprint density at radius 1 is 1.15 bits per heavy atom. The van der Waals surface area contributed by atoms with Gasteiger partial charge in [0.25, 0.3) is 0 Å². The van der Waals surface area contributed by atoms with Crippen molar-refractivity contribution in [3.8, 4) is 0 Å². The van der Waals surface area contributed by atoms with E-state index in [0.29, 0.717) is 0 Å². The van der Waals surface area contributed by atoms with E-state index < -0.39 is 26.5 Å². The van der Waals surface area contributed by atoms with Gasteiger partial charge in [0.2, 0.25) is 8.32 Å². The van der Waals surface area contributed by atoms with Crippen molar-refractivity contribution < 1.29 is 4.80 Å². The van der Waals surface area contributed by atoms with Crippen molar-refractivity contribution in [2.75, 3.05) is 0 Å². The van der Waals surface area contributed by atoms with E-state index in [1.165, 1.54) is 0 Å². The lowest BCUT2D eigenvalue weighted by Gasteiger charge is -2.13. The van der Waals surface area contributed by atoms with E-state index in [1.54, 1.807) is 0 Å². The third-order valence-corrected chi connectivity index (χ3v) is 3.23. The van der Waals surface area contributed by atoms with Crippen LogP contribution in [-0.4, -0.2) is 31.3 Å². The molecule has 0 spiro atoms. The second-order valence-electron chi connectivity index (χ2n) is 3.03. The first-order valence-electron chi connectivity index (χ1n) is 3.92. The lowest BCUT2D eigenvalue weighted by Crippen LogP contribution is -2.40. The molecule has 1 aromatic rings. The van der Waals surface area contributed by atoms with E-state index >= 15 is 0 Å². The third kappa shape index (κ3) is 6.77. The van der Waals surface area contributed by atoms with Crippen LogP contribution in [0.15, 0.2) is 30.3 Å². The second kappa shape index (κ2) is 7.09. The van der Waals surface area contributed by atoms with Crippen LogP contribution in [-0.2, 0) is 0 Å². The zero-order valence-electron chi connectivity index (χ0n) is 7.80. The van der Waals surface area contributed by atoms with E-state index in [0.717, 1.165) is 5.19 Å². The van der Waals surface area contributed by atoms with Gasteiger partial charge in [-0.15, -0.1) is 0 Å². The van der Waals surface area contributed by atoms with Crippen molar-refractivity contribution in [1.29, 1.82) is 0 Å². The SMILES string of the molecule is C[Si](C)(O)c1ccccc1.[Cl][Mg][Cl]. The molecule has 0 aliphatic rings. The predicted octanol–water partition coefficient (Wildman–Crippen LogP) is 2.09. The number of hydrogen-bond acceptors (Lipinski definition) is 1. The number of hydrogen-bond donors (Lipinski definition) is 1. The molecule has 0 aliphatic carbocycles. The van der Waals surface area contributed by atoms with Gasteiger partial charge in [-0.3, -0.25) is 0 Å². The summed E-state index contributed by atoms with van der Waals surface area (Å²) in [5, 5.41) is 1.09. The van der Waals surface area contributed by atoms with E-state index in [9.17, 15) is 4.80 Å². The van der Waals surface area contributed by atoms with Crippen molar-refractivity contribution >= 4 is 49.8 Å². The van der Waals surface area contributed by atoms with Crippen molar-refractivity contribution in [1.82, 2.24) is 0 Å². The lowest BCUT2D eigenvalue weighted by atomic mass is 10.4. The zero-order valence-corrected chi connectivity index (χ0v) is 11.7. The zero-order chi connectivity index (χ0) is 10.3. The molecule has 0 aromatic heterocycles. The Bertz CT molecular complexity index is 225. The summed E-state index contributed by atoms with van der Waals surface area (Å²) >= 11 is -0.639. The van der Waals surface area contributed by atoms with E-state index in [4.69, 9.17) is 18.1 Å². The molecule has 0 aliphatic heterocycles. The standard InChI is InChI=1S/C8H12OSi.2ClH.Mg/c1-10(2,9)8-6-4-3-5-7-8;;;/h3-7,9H,1-2H3;2*1H;/q;;;+2/p-2. The Labute approximate surface area is 97.5 Å². The summed E-state index contributed by atoms with van der Waals surface area (Å²) in [7, 11) is 7.77. The normalized spacial score (nSPS) is 9.62. The lowest BCUT2D eigenvalue weighted by molar-refractivity contribution is 0.568. The monoisotopic (exact) mass is 246 g/mol. The average molecular weight is 247 g/mol. The Hall–Kier alpha value is 0.743. The third-order valence-electron chi connectivity index (χ3n) is 1.48. The van der Waals surface area contributed by atoms with Gasteiger partial charge < -0.3 is 22.9 Å². The van der Waals surface area contributed by atoms with Crippen molar-refractivity contribution in [2.45, 2.75) is 13.1 Å². The molecule has 0 atom stereocenters. The smallest absolute Gasteiger partial charge is 0.428 e. The Morgan fingerprint density at radius 2 is 1.54 bits per heavy atom. The molecule has 0 saturated carbocycles. The highest BCUT2D eigenvalue weighted by molar-refractivity contribution is 7.22. The highest BCUT2D eigenvalue weighted by Crippen LogP contribution is 1.96. The molecule has 70 valence electrons. The summed E-state index contributed by atoms with van der Waals surface area (Å²) in [6, 6.07) is 9.84. The van der Waals surface area contributed by atoms with Gasteiger partial charge in [0.05, 0.1) is 0 Å². The van der Waals surface area contributed by atoms with Gasteiger partial charge in [-0.2, -0.15) is 0 Å². The molecular formula is C8H12Cl2MgOSi. The maximum atomic E-state index is 9.63. The highest BCUT2D eigenvalue weighted by Gasteiger charge is 2.18. The number of benzene rings is 1. The molecule has 5 heteroatoms. The Kier molecular flexibility index (Phi) is 7.50. The first kappa shape index (κ1) is 13.7. The van der Waals surface area contributed by atoms with Crippen LogP contribution in [0, 0.1) is 0 Å². The topological polar surface area (TPSA) is 20.2 Å². The Morgan fingerprint density at radius 3 is 1.77 bits per heavy atom. The van der Waals surface area contributed by atoms with Crippen LogP contribution in [0.3, 0.4) is 0 Å². The molecule has 1 aromatic carbocycles. The van der Waals surface area contributed by atoms with Crippen LogP contribution in [0.5, 0.6) is 0 Å². The molecule has 1 nitrogen and oxygen atoms in total. The largest absolute Gasteiger partial charge is 0.618 e. The molecule has 13 heavy (non-hydrogen) atoms. The number of rotatable bonds is 1. The average Bonchev–Trinajstić information content (AvgIpc) is 2.06. The van der Waals surface area contributed by atoms with E-state index in [2.05, 4.69) is 0 Å². The maximum Gasteiger partial charge on any atom is 0.618 e. The summed E-state index contributed by atoms with van der Waals surface area (Å²) in [6.45, 7) is 3.84. The summed E-state index contributed by atoms with van der Waals surface area (Å²) in [5.41, 5.74) is 0. The van der Waals surface area contributed by atoms with Crippen LogP contribution in [0.4, 0.5) is 0 Å². The van der Waals surface area contributed by atoms with Crippen molar-refractivity contribution in [3.05, 3.63) is 30.3 Å². The molecule has 1 rings (SSSR count). The minimum absolute atomic E-state index is 0.639. The fraction of sp³-hybridized carbons (Fsp3) is 0.250. The van der Waals surface area contributed by atoms with Crippen LogP contribution >= 0.6 is 18.1 Å². The minimum atomic E-state index is -2.03. The first-order chi connectivity index (χ1) is 6.02. The van der Waals surface area contributed by atoms with Crippen LogP contribution in [0.1, 0.15) is 0 Å².